The lowest BCUT2D eigenvalue weighted by molar-refractivity contribution is -0.114. The molecule has 0 aliphatic carbocycles. The molecule has 2 aromatic carbocycles. The van der Waals surface area contributed by atoms with Crippen molar-refractivity contribution in [2.45, 2.75) is 20.3 Å². The fraction of sp³-hybridized carbons (Fsp3) is 0.167. The van der Waals surface area contributed by atoms with E-state index in [-0.39, 0.29) is 17.8 Å². The van der Waals surface area contributed by atoms with Crippen molar-refractivity contribution in [2.24, 2.45) is 0 Å². The van der Waals surface area contributed by atoms with Crippen LogP contribution in [0.3, 0.4) is 0 Å². The van der Waals surface area contributed by atoms with Crippen LogP contribution in [0.1, 0.15) is 22.5 Å². The van der Waals surface area contributed by atoms with E-state index in [2.05, 4.69) is 4.57 Å². The Morgan fingerprint density at radius 3 is 2.52 bits per heavy atom. The molecule has 3 aromatic rings. The average Bonchev–Trinajstić information content (AvgIpc) is 2.99. The highest BCUT2D eigenvalue weighted by Gasteiger charge is 2.14. The summed E-state index contributed by atoms with van der Waals surface area (Å²) in [5.41, 5.74) is 4.71. The van der Waals surface area contributed by atoms with Gasteiger partial charge in [-0.15, -0.1) is 0 Å². The number of carbonyl (C=O) groups excluding carboxylic acids is 1. The van der Waals surface area contributed by atoms with Crippen LogP contribution >= 0.6 is 11.6 Å². The summed E-state index contributed by atoms with van der Waals surface area (Å²) >= 11 is 5.99. The van der Waals surface area contributed by atoms with E-state index >= 15 is 0 Å². The molecule has 0 saturated heterocycles. The maximum Gasteiger partial charge on any atom is 0.177 e. The van der Waals surface area contributed by atoms with Crippen molar-refractivity contribution in [3.63, 3.8) is 0 Å². The minimum absolute atomic E-state index is 0.125. The van der Waals surface area contributed by atoms with Crippen molar-refractivity contribution in [3.8, 4) is 17.5 Å². The maximum absolute atomic E-state index is 12.6. The summed E-state index contributed by atoms with van der Waals surface area (Å²) in [6, 6.07) is 18.9. The van der Waals surface area contributed by atoms with Crippen molar-refractivity contribution >= 4 is 23.5 Å². The zero-order valence-corrected chi connectivity index (χ0v) is 17.3. The van der Waals surface area contributed by atoms with Crippen LogP contribution in [-0.4, -0.2) is 17.5 Å². The van der Waals surface area contributed by atoms with Gasteiger partial charge in [-0.05, 0) is 73.5 Å². The smallest absolute Gasteiger partial charge is 0.177 e. The fourth-order valence-corrected chi connectivity index (χ4v) is 3.53. The number of ether oxygens (including phenoxy) is 1. The third-order valence-electron chi connectivity index (χ3n) is 4.78. The quantitative estimate of drug-likeness (QED) is 0.404. The number of ketones is 1. The highest BCUT2D eigenvalue weighted by Crippen LogP contribution is 2.25. The Bertz CT molecular complexity index is 1120. The standard InChI is InChI=1S/C24H21ClN2O2/c1-16-11-19(17(2)27(16)22-7-9-23(29-3)10-8-22)14-20(15-26)24(28)13-18-5-4-6-21(25)12-18/h4-12,14H,13H2,1-3H3. The number of carbonyl (C=O) groups is 1. The van der Waals surface area contributed by atoms with Gasteiger partial charge in [-0.25, -0.2) is 0 Å². The Morgan fingerprint density at radius 1 is 1.17 bits per heavy atom. The molecule has 0 spiro atoms. The van der Waals surface area contributed by atoms with Crippen LogP contribution in [0, 0.1) is 25.2 Å². The second-order valence-corrected chi connectivity index (χ2v) is 7.20. The van der Waals surface area contributed by atoms with Gasteiger partial charge in [0.25, 0.3) is 0 Å². The molecule has 0 N–H and O–H groups in total. The van der Waals surface area contributed by atoms with Crippen molar-refractivity contribution in [2.75, 3.05) is 7.11 Å². The molecule has 4 nitrogen and oxygen atoms in total. The van der Waals surface area contributed by atoms with Gasteiger partial charge in [0.2, 0.25) is 0 Å². The summed E-state index contributed by atoms with van der Waals surface area (Å²) in [7, 11) is 1.63. The van der Waals surface area contributed by atoms with Crippen LogP contribution < -0.4 is 4.74 Å². The number of nitriles is 1. The Kier molecular flexibility index (Phi) is 6.21. The zero-order valence-electron chi connectivity index (χ0n) is 16.6. The van der Waals surface area contributed by atoms with Gasteiger partial charge >= 0.3 is 0 Å². The summed E-state index contributed by atoms with van der Waals surface area (Å²) in [6.45, 7) is 3.97. The van der Waals surface area contributed by atoms with Crippen molar-refractivity contribution in [1.29, 1.82) is 5.26 Å². The zero-order chi connectivity index (χ0) is 21.0. The van der Waals surface area contributed by atoms with Gasteiger partial charge in [-0.1, -0.05) is 23.7 Å². The first-order chi connectivity index (χ1) is 13.9. The third kappa shape index (κ3) is 4.59. The molecule has 0 radical (unpaired) electrons. The van der Waals surface area contributed by atoms with E-state index in [9.17, 15) is 10.1 Å². The molecule has 3 rings (SSSR count). The first-order valence-corrected chi connectivity index (χ1v) is 9.53. The number of methoxy groups -OCH3 is 1. The van der Waals surface area contributed by atoms with Crippen LogP contribution in [0.4, 0.5) is 0 Å². The number of aryl methyl sites for hydroxylation is 1. The number of nitrogens with zero attached hydrogens (tertiary/aromatic N) is 2. The van der Waals surface area contributed by atoms with Crippen molar-refractivity contribution in [3.05, 3.63) is 87.7 Å². The Hall–Kier alpha value is -3.29. The molecule has 1 aromatic heterocycles. The SMILES string of the molecule is COc1ccc(-n2c(C)cc(C=C(C#N)C(=O)Cc3cccc(Cl)c3)c2C)cc1. The van der Waals surface area contributed by atoms with Gasteiger partial charge < -0.3 is 9.30 Å². The average molecular weight is 405 g/mol. The normalized spacial score (nSPS) is 11.2. The van der Waals surface area contributed by atoms with Crippen LogP contribution in [0.25, 0.3) is 11.8 Å². The lowest BCUT2D eigenvalue weighted by atomic mass is 10.0. The third-order valence-corrected chi connectivity index (χ3v) is 5.01. The van der Waals surface area contributed by atoms with Crippen LogP contribution in [-0.2, 0) is 11.2 Å². The molecule has 0 aliphatic heterocycles. The Morgan fingerprint density at radius 2 is 1.90 bits per heavy atom. The molecule has 0 saturated carbocycles. The van der Waals surface area contributed by atoms with Crippen LogP contribution in [0.5, 0.6) is 5.75 Å². The molecule has 0 atom stereocenters. The lowest BCUT2D eigenvalue weighted by Gasteiger charge is -2.10. The van der Waals surface area contributed by atoms with Crippen molar-refractivity contribution in [1.82, 2.24) is 4.57 Å². The molecule has 5 heteroatoms. The number of rotatable bonds is 6. The predicted molar refractivity (Wildman–Crippen MR) is 116 cm³/mol. The first-order valence-electron chi connectivity index (χ1n) is 9.15. The minimum atomic E-state index is -0.232. The van der Waals surface area contributed by atoms with Gasteiger partial charge in [0, 0.05) is 28.5 Å². The molecule has 0 bridgehead atoms. The number of halogens is 1. The monoisotopic (exact) mass is 404 g/mol. The predicted octanol–water partition coefficient (Wildman–Crippen LogP) is 5.47. The Labute approximate surface area is 175 Å². The number of benzene rings is 2. The molecule has 1 heterocycles. The lowest BCUT2D eigenvalue weighted by Crippen LogP contribution is -2.05. The number of hydrogen-bond donors (Lipinski definition) is 0. The molecule has 29 heavy (non-hydrogen) atoms. The number of aromatic nitrogens is 1. The van der Waals surface area contributed by atoms with E-state index in [1.807, 2.05) is 56.3 Å². The van der Waals surface area contributed by atoms with Gasteiger partial charge in [0.1, 0.15) is 11.8 Å². The first kappa shape index (κ1) is 20.4. The van der Waals surface area contributed by atoms with Gasteiger partial charge in [-0.3, -0.25) is 4.79 Å². The topological polar surface area (TPSA) is 55.0 Å². The molecule has 0 amide bonds. The number of hydrogen-bond acceptors (Lipinski definition) is 3. The molecule has 0 aliphatic rings. The number of allylic oxidation sites excluding steroid dienone is 1. The summed E-state index contributed by atoms with van der Waals surface area (Å²) in [5, 5.41) is 10.1. The summed E-state index contributed by atoms with van der Waals surface area (Å²) in [5.74, 6) is 0.554. The van der Waals surface area contributed by atoms with Gasteiger partial charge in [0.05, 0.1) is 12.7 Å². The Balaban J connectivity index is 1.91. The highest BCUT2D eigenvalue weighted by molar-refractivity contribution is 6.30. The van der Waals surface area contributed by atoms with Gasteiger partial charge in [-0.2, -0.15) is 5.26 Å². The number of Topliss-reactive ketones (excluding diaryl/α,β-unsaturated/α-hetero) is 1. The fourth-order valence-electron chi connectivity index (χ4n) is 3.32. The van der Waals surface area contributed by atoms with Crippen molar-refractivity contribution < 1.29 is 9.53 Å². The summed E-state index contributed by atoms with van der Waals surface area (Å²) in [4.78, 5) is 12.6. The molecule has 0 fully saturated rings. The second-order valence-electron chi connectivity index (χ2n) is 6.76. The van der Waals surface area contributed by atoms with E-state index in [0.29, 0.717) is 5.02 Å². The van der Waals surface area contributed by atoms with E-state index in [4.69, 9.17) is 16.3 Å². The van der Waals surface area contributed by atoms with Crippen LogP contribution in [0.2, 0.25) is 5.02 Å². The van der Waals surface area contributed by atoms with E-state index in [0.717, 1.165) is 34.0 Å². The summed E-state index contributed by atoms with van der Waals surface area (Å²) < 4.78 is 7.30. The molecular weight excluding hydrogens is 384 g/mol. The molecule has 146 valence electrons. The molecular formula is C24H21ClN2O2. The van der Waals surface area contributed by atoms with E-state index < -0.39 is 0 Å². The molecule has 0 unspecified atom stereocenters. The second kappa shape index (κ2) is 8.81. The largest absolute Gasteiger partial charge is 0.497 e. The highest BCUT2D eigenvalue weighted by atomic mass is 35.5. The van der Waals surface area contributed by atoms with Crippen LogP contribution in [0.15, 0.2) is 60.2 Å². The minimum Gasteiger partial charge on any atom is -0.497 e. The maximum atomic E-state index is 12.6. The van der Waals surface area contributed by atoms with Gasteiger partial charge in [0.15, 0.2) is 5.78 Å². The summed E-state index contributed by atoms with van der Waals surface area (Å²) in [6.07, 6.45) is 1.80. The van der Waals surface area contributed by atoms with E-state index in [1.165, 1.54) is 0 Å². The van der Waals surface area contributed by atoms with E-state index in [1.54, 1.807) is 31.4 Å².